The summed E-state index contributed by atoms with van der Waals surface area (Å²) in [5.74, 6) is -9.97. The van der Waals surface area contributed by atoms with Crippen LogP contribution in [-0.4, -0.2) is 187 Å². The maximum Gasteiger partial charge on any atom is 0.245 e. The highest BCUT2D eigenvalue weighted by atomic mass is 16.3. The van der Waals surface area contributed by atoms with Crippen LogP contribution in [0.4, 0.5) is 0 Å². The third-order valence-corrected chi connectivity index (χ3v) is 13.1. The highest BCUT2D eigenvalue weighted by molar-refractivity contribution is 5.99. The summed E-state index contributed by atoms with van der Waals surface area (Å²) >= 11 is 0. The van der Waals surface area contributed by atoms with Crippen LogP contribution in [0, 0.1) is 11.8 Å². The molecule has 3 unspecified atom stereocenters. The molecule has 0 radical (unpaired) electrons. The van der Waals surface area contributed by atoms with Gasteiger partial charge in [0.2, 0.25) is 65.0 Å². The zero-order valence-corrected chi connectivity index (χ0v) is 48.5. The molecule has 0 aromatic rings. The van der Waals surface area contributed by atoms with Crippen LogP contribution in [0.25, 0.3) is 0 Å². The van der Waals surface area contributed by atoms with E-state index in [9.17, 15) is 63.0 Å². The molecule has 0 aromatic heterocycles. The van der Waals surface area contributed by atoms with Crippen LogP contribution in [-0.2, 0) is 52.7 Å². The second kappa shape index (κ2) is 39.3. The van der Waals surface area contributed by atoms with Crippen LogP contribution in [0.15, 0.2) is 0 Å². The smallest absolute Gasteiger partial charge is 0.245 e. The number of aliphatic hydroxyl groups is 2. The number of carbonyl (C=O) groups is 11. The molecular weight excluding hydrogens is 1060 g/mol. The lowest BCUT2D eigenvalue weighted by molar-refractivity contribution is -0.137. The maximum absolute atomic E-state index is 14.4. The SMILES string of the molecule is CCCCCCCC(=O)N[C@@H](CCN)C(=O)N[C@H](C(=O)N[C@@H](CCN)C(=O)NC1CCNC(=O)C([C@@H](C)O)NC(=O)[C@H](CCN)NC(=O)[C@H](CCN)NC(=O)[C@H](CC(C)C)NC(=O)[C@@H](CC(C)C)NC(=O)C(CCN)NC1=O)[C@@H](C)O. The van der Waals surface area contributed by atoms with Crippen LogP contribution in [0.2, 0.25) is 0 Å². The van der Waals surface area contributed by atoms with Gasteiger partial charge >= 0.3 is 0 Å². The molecule has 0 bridgehead atoms. The molecule has 1 heterocycles. The van der Waals surface area contributed by atoms with Crippen molar-refractivity contribution in [2.45, 2.75) is 211 Å². The second-order valence-electron chi connectivity index (χ2n) is 21.4. The van der Waals surface area contributed by atoms with Gasteiger partial charge in [0.05, 0.1) is 12.2 Å². The van der Waals surface area contributed by atoms with E-state index in [1.807, 2.05) is 0 Å². The van der Waals surface area contributed by atoms with E-state index in [0.717, 1.165) is 25.7 Å². The highest BCUT2D eigenvalue weighted by Crippen LogP contribution is 2.12. The molecule has 29 nitrogen and oxygen atoms in total. The fourth-order valence-corrected chi connectivity index (χ4v) is 8.67. The van der Waals surface area contributed by atoms with Crippen molar-refractivity contribution < 1.29 is 63.0 Å². The van der Waals surface area contributed by atoms with E-state index in [0.29, 0.717) is 6.42 Å². The Hall–Kier alpha value is -6.11. The first-order valence-corrected chi connectivity index (χ1v) is 28.5. The molecule has 29 heteroatoms. The molecule has 23 N–H and O–H groups in total. The van der Waals surface area contributed by atoms with E-state index in [4.69, 9.17) is 28.7 Å². The molecule has 1 saturated heterocycles. The third-order valence-electron chi connectivity index (χ3n) is 13.1. The summed E-state index contributed by atoms with van der Waals surface area (Å²) in [7, 11) is 0. The van der Waals surface area contributed by atoms with Crippen molar-refractivity contribution >= 4 is 65.0 Å². The van der Waals surface area contributed by atoms with E-state index in [2.05, 4.69) is 65.4 Å². The van der Waals surface area contributed by atoms with Crippen molar-refractivity contribution in [1.82, 2.24) is 58.5 Å². The van der Waals surface area contributed by atoms with Crippen LogP contribution < -0.4 is 87.2 Å². The van der Waals surface area contributed by atoms with Crippen molar-refractivity contribution in [3.63, 3.8) is 0 Å². The zero-order chi connectivity index (χ0) is 61.4. The largest absolute Gasteiger partial charge is 0.391 e. The Morgan fingerprint density at radius 1 is 0.519 bits per heavy atom. The van der Waals surface area contributed by atoms with Crippen LogP contribution in [0.5, 0.6) is 0 Å². The van der Waals surface area contributed by atoms with E-state index < -0.39 is 151 Å². The Morgan fingerprint density at radius 3 is 1.38 bits per heavy atom. The van der Waals surface area contributed by atoms with E-state index in [-0.39, 0.29) is 95.9 Å². The number of amides is 11. The number of rotatable bonds is 29. The average molecular weight is 1160 g/mol. The first-order valence-electron chi connectivity index (χ1n) is 28.5. The highest BCUT2D eigenvalue weighted by Gasteiger charge is 2.37. The summed E-state index contributed by atoms with van der Waals surface area (Å²) in [6.45, 7) is 10.5. The summed E-state index contributed by atoms with van der Waals surface area (Å²) in [5, 5.41) is 49.5. The van der Waals surface area contributed by atoms with E-state index in [1.54, 1.807) is 27.7 Å². The van der Waals surface area contributed by atoms with Crippen molar-refractivity contribution in [2.24, 2.45) is 40.5 Å². The molecule has 0 saturated carbocycles. The minimum Gasteiger partial charge on any atom is -0.391 e. The lowest BCUT2D eigenvalue weighted by atomic mass is 9.99. The van der Waals surface area contributed by atoms with Gasteiger partial charge in [-0.1, -0.05) is 60.3 Å². The molecule has 464 valence electrons. The predicted octanol–water partition coefficient (Wildman–Crippen LogP) is -5.69. The summed E-state index contributed by atoms with van der Waals surface area (Å²) in [6, 6.07) is -14.5. The number of nitrogens with one attached hydrogen (secondary N) is 11. The topological polar surface area (TPSA) is 491 Å². The minimum absolute atomic E-state index is 0.0101. The van der Waals surface area contributed by atoms with Gasteiger partial charge in [0.15, 0.2) is 0 Å². The van der Waals surface area contributed by atoms with Gasteiger partial charge in [-0.05, 0) is 116 Å². The van der Waals surface area contributed by atoms with Crippen molar-refractivity contribution in [2.75, 3.05) is 39.3 Å². The van der Waals surface area contributed by atoms with Gasteiger partial charge in [0.1, 0.15) is 60.4 Å². The molecule has 1 fully saturated rings. The lowest BCUT2D eigenvalue weighted by Gasteiger charge is -2.29. The predicted molar refractivity (Wildman–Crippen MR) is 301 cm³/mol. The molecule has 1 aliphatic rings. The fourth-order valence-electron chi connectivity index (χ4n) is 8.67. The van der Waals surface area contributed by atoms with Gasteiger partial charge in [-0.15, -0.1) is 0 Å². The maximum atomic E-state index is 14.4. The summed E-state index contributed by atoms with van der Waals surface area (Å²) in [5.41, 5.74) is 29.2. The lowest BCUT2D eigenvalue weighted by Crippen LogP contribution is -2.62. The minimum atomic E-state index is -1.69. The molecule has 0 spiro atoms. The summed E-state index contributed by atoms with van der Waals surface area (Å²) in [4.78, 5) is 152. The fraction of sp³-hybridized carbons (Fsp3) is 0.788. The quantitative estimate of drug-likeness (QED) is 0.0310. The molecule has 0 aliphatic carbocycles. The number of aliphatic hydroxyl groups excluding tert-OH is 2. The number of nitrogens with two attached hydrogens (primary N) is 5. The van der Waals surface area contributed by atoms with Gasteiger partial charge in [0.25, 0.3) is 0 Å². The third kappa shape index (κ3) is 27.5. The van der Waals surface area contributed by atoms with Crippen molar-refractivity contribution in [1.29, 1.82) is 0 Å². The Morgan fingerprint density at radius 2 is 0.951 bits per heavy atom. The molecular formula is C52H98N16O13. The average Bonchev–Trinajstić information content (AvgIpc) is 3.40. The molecule has 0 aromatic carbocycles. The van der Waals surface area contributed by atoms with Crippen LogP contribution in [0.3, 0.4) is 0 Å². The van der Waals surface area contributed by atoms with Crippen molar-refractivity contribution in [3.05, 3.63) is 0 Å². The normalized spacial score (nSPS) is 23.2. The number of unbranched alkanes of at least 4 members (excludes halogenated alkanes) is 4. The number of hydrogen-bond donors (Lipinski definition) is 18. The Kier molecular flexibility index (Phi) is 35.4. The monoisotopic (exact) mass is 1150 g/mol. The standard InChI is InChI=1S/C52H98N16O13/c1-8-9-10-11-12-13-40(71)59-32(14-20-53)47(76)68-42(31(7)70)52(81)64-35(17-23-56)44(73)63-37-19-25-58-51(80)41(30(6)69)67-48(77)36(18-24-57)61-43(72)33(15-21-54)62-49(78)38(26-28(2)3)66-50(79)39(27-29(4)5)65-45(74)34(16-22-55)60-46(37)75/h28-39,41-42,69-70H,8-27,53-57H2,1-7H3,(H,58,80)(H,59,71)(H,60,75)(H,61,72)(H,62,78)(H,63,73)(H,64,81)(H,65,74)(H,66,79)(H,67,77)(H,68,76)/t30-,31-,32+,33+,34?,35+,36+,37?,38+,39-,41?,42+/m1/s1. The van der Waals surface area contributed by atoms with Gasteiger partial charge in [-0.2, -0.15) is 0 Å². The molecule has 1 aliphatic heterocycles. The van der Waals surface area contributed by atoms with Crippen LogP contribution in [0.1, 0.15) is 138 Å². The van der Waals surface area contributed by atoms with Gasteiger partial charge in [-0.25, -0.2) is 0 Å². The molecule has 12 atom stereocenters. The summed E-state index contributed by atoms with van der Waals surface area (Å²) in [6.07, 6.45) is 0.326. The summed E-state index contributed by atoms with van der Waals surface area (Å²) < 4.78 is 0. The van der Waals surface area contributed by atoms with Crippen molar-refractivity contribution in [3.8, 4) is 0 Å². The van der Waals surface area contributed by atoms with E-state index >= 15 is 0 Å². The van der Waals surface area contributed by atoms with Gasteiger partial charge in [-0.3, -0.25) is 52.7 Å². The van der Waals surface area contributed by atoms with Gasteiger partial charge < -0.3 is 97.4 Å². The Balaban J connectivity index is 3.83. The number of hydrogen-bond acceptors (Lipinski definition) is 18. The number of carbonyl (C=O) groups excluding carboxylic acids is 11. The van der Waals surface area contributed by atoms with Crippen LogP contribution >= 0.6 is 0 Å². The Labute approximate surface area is 475 Å². The molecule has 81 heavy (non-hydrogen) atoms. The first-order chi connectivity index (χ1) is 38.3. The zero-order valence-electron chi connectivity index (χ0n) is 48.5. The second-order valence-corrected chi connectivity index (χ2v) is 21.4. The van der Waals surface area contributed by atoms with E-state index in [1.165, 1.54) is 13.8 Å². The molecule has 1 rings (SSSR count). The van der Waals surface area contributed by atoms with Gasteiger partial charge in [0, 0.05) is 13.0 Å². The molecule has 11 amide bonds. The first kappa shape index (κ1) is 72.9. The Bertz CT molecular complexity index is 2030.